The Labute approximate surface area is 195 Å². The van der Waals surface area contributed by atoms with Crippen molar-refractivity contribution in [2.45, 2.75) is 27.0 Å². The number of rotatable bonds is 11. The molecule has 0 bridgehead atoms. The minimum atomic E-state index is -0.621. The molecule has 174 valence electrons. The molecule has 3 aromatic rings. The highest BCUT2D eigenvalue weighted by atomic mass is 32.1. The summed E-state index contributed by atoms with van der Waals surface area (Å²) in [6.07, 6.45) is 1.68. The third kappa shape index (κ3) is 5.95. The summed E-state index contributed by atoms with van der Waals surface area (Å²) >= 11 is 1.42. The molecule has 1 aromatic carbocycles. The third-order valence-electron chi connectivity index (χ3n) is 4.93. The number of pyridine rings is 1. The van der Waals surface area contributed by atoms with Crippen LogP contribution >= 0.6 is 11.3 Å². The van der Waals surface area contributed by atoms with E-state index in [1.807, 2.05) is 17.5 Å². The van der Waals surface area contributed by atoms with Crippen LogP contribution in [0.3, 0.4) is 0 Å². The molecule has 33 heavy (non-hydrogen) atoms. The van der Waals surface area contributed by atoms with Crippen molar-refractivity contribution in [2.24, 2.45) is 0 Å². The summed E-state index contributed by atoms with van der Waals surface area (Å²) in [4.78, 5) is 34.5. The van der Waals surface area contributed by atoms with E-state index in [1.165, 1.54) is 30.6 Å². The summed E-state index contributed by atoms with van der Waals surface area (Å²) in [6, 6.07) is 6.26. The van der Waals surface area contributed by atoms with E-state index < -0.39 is 10.8 Å². The van der Waals surface area contributed by atoms with E-state index in [1.54, 1.807) is 11.7 Å². The van der Waals surface area contributed by atoms with Gasteiger partial charge in [0.25, 0.3) is 11.6 Å². The fraction of sp³-hybridized carbons (Fsp3) is 0.318. The number of carbonyl (C=O) groups is 1. The van der Waals surface area contributed by atoms with Gasteiger partial charge in [0.15, 0.2) is 11.5 Å². The van der Waals surface area contributed by atoms with Crippen LogP contribution in [-0.2, 0) is 13.2 Å². The van der Waals surface area contributed by atoms with Gasteiger partial charge in [-0.1, -0.05) is 6.07 Å². The second kappa shape index (κ2) is 11.2. The Morgan fingerprint density at radius 2 is 2.00 bits per heavy atom. The smallest absolute Gasteiger partial charge is 0.286 e. The summed E-state index contributed by atoms with van der Waals surface area (Å²) in [6.45, 7) is 6.08. The van der Waals surface area contributed by atoms with Crippen molar-refractivity contribution in [2.75, 3.05) is 25.1 Å². The summed E-state index contributed by atoms with van der Waals surface area (Å²) in [5, 5.41) is 16.2. The zero-order valence-electron chi connectivity index (χ0n) is 18.6. The number of hydrogen-bond acceptors (Lipinski definition) is 9. The zero-order valence-corrected chi connectivity index (χ0v) is 19.4. The van der Waals surface area contributed by atoms with Crippen LogP contribution in [0.2, 0.25) is 0 Å². The van der Waals surface area contributed by atoms with Crippen molar-refractivity contribution in [1.82, 2.24) is 15.3 Å². The maximum absolute atomic E-state index is 12.8. The molecule has 0 aliphatic heterocycles. The van der Waals surface area contributed by atoms with Crippen LogP contribution in [0, 0.1) is 10.1 Å². The number of aromatic nitrogens is 2. The molecule has 11 heteroatoms. The number of amides is 1. The van der Waals surface area contributed by atoms with Crippen molar-refractivity contribution in [1.29, 1.82) is 0 Å². The molecule has 0 aliphatic carbocycles. The number of hydrogen-bond donors (Lipinski definition) is 1. The van der Waals surface area contributed by atoms with Crippen molar-refractivity contribution in [3.8, 4) is 11.5 Å². The largest absolute Gasteiger partial charge is 0.493 e. The van der Waals surface area contributed by atoms with Crippen LogP contribution in [0.4, 0.5) is 11.5 Å². The van der Waals surface area contributed by atoms with E-state index in [0.717, 1.165) is 24.5 Å². The summed E-state index contributed by atoms with van der Waals surface area (Å²) < 4.78 is 10.9. The van der Waals surface area contributed by atoms with Crippen molar-refractivity contribution in [3.05, 3.63) is 68.3 Å². The van der Waals surface area contributed by atoms with E-state index >= 15 is 0 Å². The summed E-state index contributed by atoms with van der Waals surface area (Å²) in [7, 11) is 1.40. The molecule has 0 radical (unpaired) electrons. The number of carbonyl (C=O) groups excluding carboxylic acids is 1. The molecule has 0 saturated carbocycles. The van der Waals surface area contributed by atoms with Gasteiger partial charge in [-0.05, 0) is 25.5 Å². The lowest BCUT2D eigenvalue weighted by Crippen LogP contribution is -2.25. The maximum Gasteiger partial charge on any atom is 0.286 e. The minimum absolute atomic E-state index is 0.120. The number of benzene rings is 1. The van der Waals surface area contributed by atoms with Crippen LogP contribution in [0.15, 0.2) is 41.4 Å². The van der Waals surface area contributed by atoms with Crippen LogP contribution in [-0.4, -0.2) is 41.0 Å². The fourth-order valence-electron chi connectivity index (χ4n) is 3.15. The molecule has 3 rings (SSSR count). The van der Waals surface area contributed by atoms with Crippen LogP contribution in [0.1, 0.15) is 35.5 Å². The molecule has 2 heterocycles. The molecule has 2 aromatic heterocycles. The summed E-state index contributed by atoms with van der Waals surface area (Å²) in [5.41, 5.74) is 2.63. The molecule has 0 spiro atoms. The van der Waals surface area contributed by atoms with E-state index in [0.29, 0.717) is 5.69 Å². The lowest BCUT2D eigenvalue weighted by atomic mass is 10.1. The number of nitrogens with one attached hydrogen (secondary N) is 1. The second-order valence-electron chi connectivity index (χ2n) is 6.93. The van der Waals surface area contributed by atoms with Gasteiger partial charge in [-0.25, -0.2) is 9.97 Å². The lowest BCUT2D eigenvalue weighted by molar-refractivity contribution is -0.385. The van der Waals surface area contributed by atoms with E-state index in [9.17, 15) is 14.9 Å². The van der Waals surface area contributed by atoms with E-state index in [4.69, 9.17) is 9.47 Å². The Hall–Kier alpha value is -3.73. The third-order valence-corrected chi connectivity index (χ3v) is 5.57. The molecule has 0 saturated heterocycles. The molecule has 0 aliphatic rings. The standard InChI is InChI=1S/C22H25N5O5S/c1-4-26(5-2)21-7-6-15(10-23-21)11-24-22(28)17-8-19(31-3)20(9-18(17)27(29)30)32-12-16-13-33-14-25-16/h6-10,13-14H,4-5,11-12H2,1-3H3,(H,24,28). The van der Waals surface area contributed by atoms with Gasteiger partial charge in [-0.3, -0.25) is 14.9 Å². The van der Waals surface area contributed by atoms with Gasteiger partial charge in [-0.15, -0.1) is 11.3 Å². The number of nitrogens with zero attached hydrogens (tertiary/aromatic N) is 4. The number of anilines is 1. The highest BCUT2D eigenvalue weighted by Gasteiger charge is 2.25. The normalized spacial score (nSPS) is 10.5. The highest BCUT2D eigenvalue weighted by Crippen LogP contribution is 2.35. The van der Waals surface area contributed by atoms with Gasteiger partial charge in [0, 0.05) is 37.3 Å². The Balaban J connectivity index is 1.75. The molecule has 0 atom stereocenters. The van der Waals surface area contributed by atoms with Gasteiger partial charge in [0.05, 0.1) is 29.3 Å². The monoisotopic (exact) mass is 471 g/mol. The molecular weight excluding hydrogens is 446 g/mol. The molecule has 0 fully saturated rings. The topological polar surface area (TPSA) is 120 Å². The first-order valence-corrected chi connectivity index (χ1v) is 11.2. The first-order valence-electron chi connectivity index (χ1n) is 10.3. The number of nitro groups is 1. The van der Waals surface area contributed by atoms with Gasteiger partial charge in [-0.2, -0.15) is 0 Å². The van der Waals surface area contributed by atoms with Crippen molar-refractivity contribution < 1.29 is 19.2 Å². The molecule has 1 N–H and O–H groups in total. The average Bonchev–Trinajstić information content (AvgIpc) is 3.36. The number of methoxy groups -OCH3 is 1. The van der Waals surface area contributed by atoms with Gasteiger partial charge in [0.1, 0.15) is 18.0 Å². The summed E-state index contributed by atoms with van der Waals surface area (Å²) in [5.74, 6) is 0.624. The van der Waals surface area contributed by atoms with Crippen LogP contribution in [0.5, 0.6) is 11.5 Å². The Morgan fingerprint density at radius 3 is 2.58 bits per heavy atom. The van der Waals surface area contributed by atoms with E-state index in [2.05, 4.69) is 34.0 Å². The van der Waals surface area contributed by atoms with Crippen LogP contribution < -0.4 is 19.7 Å². The predicted molar refractivity (Wildman–Crippen MR) is 125 cm³/mol. The van der Waals surface area contributed by atoms with Gasteiger partial charge in [0.2, 0.25) is 0 Å². The fourth-order valence-corrected chi connectivity index (χ4v) is 3.69. The Morgan fingerprint density at radius 1 is 1.21 bits per heavy atom. The SMILES string of the molecule is CCN(CC)c1ccc(CNC(=O)c2cc(OC)c(OCc3cscn3)cc2[N+](=O)[O-])cn1. The Kier molecular flexibility index (Phi) is 8.14. The lowest BCUT2D eigenvalue weighted by Gasteiger charge is -2.19. The number of ether oxygens (including phenoxy) is 2. The highest BCUT2D eigenvalue weighted by molar-refractivity contribution is 7.07. The number of thiazole rings is 1. The number of nitro benzene ring substituents is 1. The first-order chi connectivity index (χ1) is 16.0. The molecular formula is C22H25N5O5S. The van der Waals surface area contributed by atoms with Crippen molar-refractivity contribution in [3.63, 3.8) is 0 Å². The Bertz CT molecular complexity index is 1090. The maximum atomic E-state index is 12.8. The van der Waals surface area contributed by atoms with E-state index in [-0.39, 0.29) is 35.9 Å². The molecule has 10 nitrogen and oxygen atoms in total. The zero-order chi connectivity index (χ0) is 23.8. The van der Waals surface area contributed by atoms with Crippen LogP contribution in [0.25, 0.3) is 0 Å². The van der Waals surface area contributed by atoms with Gasteiger partial charge >= 0.3 is 0 Å². The minimum Gasteiger partial charge on any atom is -0.493 e. The molecule has 0 unspecified atom stereocenters. The van der Waals surface area contributed by atoms with Gasteiger partial charge < -0.3 is 19.7 Å². The second-order valence-corrected chi connectivity index (χ2v) is 7.64. The van der Waals surface area contributed by atoms with Crippen molar-refractivity contribution >= 4 is 28.7 Å². The quantitative estimate of drug-likeness (QED) is 0.331. The predicted octanol–water partition coefficient (Wildman–Crippen LogP) is 3.81. The average molecular weight is 472 g/mol. The molecule has 1 amide bonds. The first kappa shape index (κ1) is 23.9.